The standard InChI is InChI=1S/C14H18N2O3/c15-10-7-12-13(19-6-5-18-12)8-11(10)16-14(17)9-3-1-2-4-9/h7-9H,1-6,15H2,(H,16,17). The van der Waals surface area contributed by atoms with E-state index in [0.717, 1.165) is 25.7 Å². The molecule has 1 aliphatic heterocycles. The Hall–Kier alpha value is -1.91. The lowest BCUT2D eigenvalue weighted by atomic mass is 10.1. The number of benzene rings is 1. The van der Waals surface area contributed by atoms with Crippen molar-refractivity contribution in [1.29, 1.82) is 0 Å². The van der Waals surface area contributed by atoms with Crippen molar-refractivity contribution in [2.75, 3.05) is 24.3 Å². The molecule has 1 aliphatic carbocycles. The van der Waals surface area contributed by atoms with Gasteiger partial charge < -0.3 is 20.5 Å². The van der Waals surface area contributed by atoms with E-state index in [4.69, 9.17) is 15.2 Å². The van der Waals surface area contributed by atoms with Gasteiger partial charge in [-0.3, -0.25) is 4.79 Å². The zero-order valence-corrected chi connectivity index (χ0v) is 10.8. The van der Waals surface area contributed by atoms with Crippen molar-refractivity contribution in [3.8, 4) is 11.5 Å². The normalized spacial score (nSPS) is 18.3. The molecule has 1 aromatic rings. The van der Waals surface area contributed by atoms with Gasteiger partial charge in [-0.15, -0.1) is 0 Å². The summed E-state index contributed by atoms with van der Waals surface area (Å²) in [6, 6.07) is 3.45. The van der Waals surface area contributed by atoms with Crippen LogP contribution in [0.25, 0.3) is 0 Å². The van der Waals surface area contributed by atoms with Crippen LogP contribution in [0.2, 0.25) is 0 Å². The molecule has 0 spiro atoms. The van der Waals surface area contributed by atoms with Gasteiger partial charge in [0, 0.05) is 18.1 Å². The summed E-state index contributed by atoms with van der Waals surface area (Å²) in [5.74, 6) is 1.46. The molecule has 2 aliphatic rings. The number of hydrogen-bond donors (Lipinski definition) is 2. The second kappa shape index (κ2) is 4.99. The van der Waals surface area contributed by atoms with E-state index < -0.39 is 0 Å². The van der Waals surface area contributed by atoms with Gasteiger partial charge in [-0.1, -0.05) is 12.8 Å². The molecule has 0 bridgehead atoms. The van der Waals surface area contributed by atoms with Crippen molar-refractivity contribution in [3.63, 3.8) is 0 Å². The Morgan fingerprint density at radius 1 is 1.16 bits per heavy atom. The summed E-state index contributed by atoms with van der Waals surface area (Å²) in [4.78, 5) is 12.1. The second-order valence-corrected chi connectivity index (χ2v) is 5.05. The van der Waals surface area contributed by atoms with E-state index in [1.165, 1.54) is 0 Å². The molecule has 1 aromatic carbocycles. The molecular formula is C14H18N2O3. The number of nitrogen functional groups attached to an aromatic ring is 1. The van der Waals surface area contributed by atoms with Gasteiger partial charge >= 0.3 is 0 Å². The van der Waals surface area contributed by atoms with Crippen LogP contribution in [-0.4, -0.2) is 19.1 Å². The van der Waals surface area contributed by atoms with Crippen molar-refractivity contribution in [1.82, 2.24) is 0 Å². The van der Waals surface area contributed by atoms with Gasteiger partial charge in [0.2, 0.25) is 5.91 Å². The Morgan fingerprint density at radius 3 is 2.47 bits per heavy atom. The van der Waals surface area contributed by atoms with Gasteiger partial charge in [0.05, 0.1) is 11.4 Å². The van der Waals surface area contributed by atoms with Crippen LogP contribution in [0.4, 0.5) is 11.4 Å². The Labute approximate surface area is 112 Å². The molecule has 102 valence electrons. The highest BCUT2D eigenvalue weighted by atomic mass is 16.6. The van der Waals surface area contributed by atoms with Gasteiger partial charge in [0.25, 0.3) is 0 Å². The molecule has 0 atom stereocenters. The van der Waals surface area contributed by atoms with Crippen LogP contribution in [0.5, 0.6) is 11.5 Å². The molecule has 0 aromatic heterocycles. The third-order valence-electron chi connectivity index (χ3n) is 3.70. The molecular weight excluding hydrogens is 244 g/mol. The second-order valence-electron chi connectivity index (χ2n) is 5.05. The summed E-state index contributed by atoms with van der Waals surface area (Å²) in [6.45, 7) is 1.05. The number of anilines is 2. The molecule has 1 saturated carbocycles. The number of amides is 1. The van der Waals surface area contributed by atoms with E-state index in [-0.39, 0.29) is 11.8 Å². The van der Waals surface area contributed by atoms with Crippen molar-refractivity contribution in [2.24, 2.45) is 5.92 Å². The molecule has 1 fully saturated rings. The average molecular weight is 262 g/mol. The van der Waals surface area contributed by atoms with E-state index in [1.54, 1.807) is 12.1 Å². The number of carbonyl (C=O) groups excluding carboxylic acids is 1. The summed E-state index contributed by atoms with van der Waals surface area (Å²) in [6.07, 6.45) is 4.20. The number of rotatable bonds is 2. The fourth-order valence-corrected chi connectivity index (χ4v) is 2.64. The largest absolute Gasteiger partial charge is 0.486 e. The first kappa shape index (κ1) is 12.1. The van der Waals surface area contributed by atoms with Crippen LogP contribution in [-0.2, 0) is 4.79 Å². The topological polar surface area (TPSA) is 73.6 Å². The predicted molar refractivity (Wildman–Crippen MR) is 72.4 cm³/mol. The van der Waals surface area contributed by atoms with Crippen molar-refractivity contribution in [3.05, 3.63) is 12.1 Å². The van der Waals surface area contributed by atoms with Gasteiger partial charge in [0.15, 0.2) is 11.5 Å². The summed E-state index contributed by atoms with van der Waals surface area (Å²) in [5.41, 5.74) is 7.06. The van der Waals surface area contributed by atoms with Crippen molar-refractivity contribution >= 4 is 17.3 Å². The fraction of sp³-hybridized carbons (Fsp3) is 0.500. The van der Waals surface area contributed by atoms with Crippen LogP contribution >= 0.6 is 0 Å². The lowest BCUT2D eigenvalue weighted by Gasteiger charge is -2.20. The van der Waals surface area contributed by atoms with Gasteiger partial charge in [-0.2, -0.15) is 0 Å². The van der Waals surface area contributed by atoms with E-state index in [0.29, 0.717) is 36.1 Å². The minimum Gasteiger partial charge on any atom is -0.486 e. The average Bonchev–Trinajstić information content (AvgIpc) is 2.93. The third kappa shape index (κ3) is 2.45. The molecule has 0 radical (unpaired) electrons. The monoisotopic (exact) mass is 262 g/mol. The first-order chi connectivity index (χ1) is 9.24. The molecule has 1 heterocycles. The maximum Gasteiger partial charge on any atom is 0.227 e. The SMILES string of the molecule is Nc1cc2c(cc1NC(=O)C1CCCC1)OCCO2. The molecule has 3 rings (SSSR count). The Bertz CT molecular complexity index is 496. The highest BCUT2D eigenvalue weighted by molar-refractivity contribution is 5.96. The first-order valence-corrected chi connectivity index (χ1v) is 6.74. The molecule has 3 N–H and O–H groups in total. The highest BCUT2D eigenvalue weighted by Crippen LogP contribution is 2.37. The van der Waals surface area contributed by atoms with Crippen LogP contribution < -0.4 is 20.5 Å². The van der Waals surface area contributed by atoms with E-state index in [1.807, 2.05) is 0 Å². The van der Waals surface area contributed by atoms with Gasteiger partial charge in [0.1, 0.15) is 13.2 Å². The molecule has 0 saturated heterocycles. The minimum absolute atomic E-state index is 0.0564. The van der Waals surface area contributed by atoms with Crippen molar-refractivity contribution in [2.45, 2.75) is 25.7 Å². The Morgan fingerprint density at radius 2 is 1.79 bits per heavy atom. The minimum atomic E-state index is 0.0564. The maximum atomic E-state index is 12.1. The third-order valence-corrected chi connectivity index (χ3v) is 3.70. The van der Waals surface area contributed by atoms with E-state index >= 15 is 0 Å². The van der Waals surface area contributed by atoms with Crippen LogP contribution in [0.1, 0.15) is 25.7 Å². The van der Waals surface area contributed by atoms with Crippen molar-refractivity contribution < 1.29 is 14.3 Å². The highest BCUT2D eigenvalue weighted by Gasteiger charge is 2.24. The molecule has 5 heteroatoms. The molecule has 0 unspecified atom stereocenters. The number of ether oxygens (including phenoxy) is 2. The van der Waals surface area contributed by atoms with E-state index in [2.05, 4.69) is 5.32 Å². The van der Waals surface area contributed by atoms with Crippen LogP contribution in [0.3, 0.4) is 0 Å². The quantitative estimate of drug-likeness (QED) is 0.801. The van der Waals surface area contributed by atoms with Crippen LogP contribution in [0.15, 0.2) is 12.1 Å². The summed E-state index contributed by atoms with van der Waals surface area (Å²) < 4.78 is 10.9. The molecule has 1 amide bonds. The molecule has 19 heavy (non-hydrogen) atoms. The zero-order chi connectivity index (χ0) is 13.2. The van der Waals surface area contributed by atoms with E-state index in [9.17, 15) is 4.79 Å². The Balaban J connectivity index is 1.78. The number of nitrogens with two attached hydrogens (primary N) is 1. The lowest BCUT2D eigenvalue weighted by Crippen LogP contribution is -2.21. The predicted octanol–water partition coefficient (Wildman–Crippen LogP) is 2.17. The first-order valence-electron chi connectivity index (χ1n) is 6.74. The maximum absolute atomic E-state index is 12.1. The summed E-state index contributed by atoms with van der Waals surface area (Å²) in [5, 5.41) is 2.90. The smallest absolute Gasteiger partial charge is 0.227 e. The number of nitrogens with one attached hydrogen (secondary N) is 1. The lowest BCUT2D eigenvalue weighted by molar-refractivity contribution is -0.119. The van der Waals surface area contributed by atoms with Gasteiger partial charge in [-0.05, 0) is 12.8 Å². The number of hydrogen-bond acceptors (Lipinski definition) is 4. The summed E-state index contributed by atoms with van der Waals surface area (Å²) >= 11 is 0. The number of carbonyl (C=O) groups is 1. The fourth-order valence-electron chi connectivity index (χ4n) is 2.64. The number of fused-ring (bicyclic) bond motifs is 1. The molecule has 5 nitrogen and oxygen atoms in total. The zero-order valence-electron chi connectivity index (χ0n) is 10.8. The van der Waals surface area contributed by atoms with Gasteiger partial charge in [-0.25, -0.2) is 0 Å². The van der Waals surface area contributed by atoms with Crippen LogP contribution in [0, 0.1) is 5.92 Å². The summed E-state index contributed by atoms with van der Waals surface area (Å²) in [7, 11) is 0. The Kier molecular flexibility index (Phi) is 3.19.